The van der Waals surface area contributed by atoms with Gasteiger partial charge in [-0.25, -0.2) is 14.8 Å². The molecule has 120 valence electrons. The van der Waals surface area contributed by atoms with Crippen LogP contribution in [0.2, 0.25) is 5.02 Å². The zero-order chi connectivity index (χ0) is 16.8. The Hall–Kier alpha value is -2.87. The van der Waals surface area contributed by atoms with Crippen molar-refractivity contribution < 1.29 is 14.7 Å². The van der Waals surface area contributed by atoms with Gasteiger partial charge in [0.2, 0.25) is 5.91 Å². The molecule has 2 aromatic heterocycles. The molecular weight excluding hydrogens is 322 g/mol. The van der Waals surface area contributed by atoms with E-state index in [0.717, 1.165) is 0 Å². The van der Waals surface area contributed by atoms with Crippen molar-refractivity contribution in [2.75, 3.05) is 10.6 Å². The number of hydrogen-bond acceptors (Lipinski definition) is 5. The molecule has 9 heteroatoms. The Labute approximate surface area is 136 Å². The zero-order valence-corrected chi connectivity index (χ0v) is 12.8. The third-order valence-corrected chi connectivity index (χ3v) is 3.00. The smallest absolute Gasteiger partial charge is 0.405 e. The molecule has 23 heavy (non-hydrogen) atoms. The molecule has 2 aromatic rings. The molecule has 4 N–H and O–H groups in total. The first-order valence-electron chi connectivity index (χ1n) is 6.59. The molecule has 0 aliphatic rings. The van der Waals surface area contributed by atoms with Crippen molar-refractivity contribution in [3.8, 4) is 0 Å². The normalized spacial score (nSPS) is 11.4. The quantitative estimate of drug-likeness (QED) is 0.667. The first kappa shape index (κ1) is 16.5. The van der Waals surface area contributed by atoms with E-state index in [9.17, 15) is 9.59 Å². The van der Waals surface area contributed by atoms with Crippen molar-refractivity contribution in [3.63, 3.8) is 0 Å². The van der Waals surface area contributed by atoms with Crippen molar-refractivity contribution >= 4 is 40.9 Å². The van der Waals surface area contributed by atoms with Gasteiger partial charge in [-0.2, -0.15) is 0 Å². The van der Waals surface area contributed by atoms with Gasteiger partial charge in [-0.15, -0.1) is 0 Å². The Morgan fingerprint density at radius 2 is 2.04 bits per heavy atom. The van der Waals surface area contributed by atoms with Crippen LogP contribution in [0.4, 0.5) is 22.1 Å². The number of hydrogen-bond donors (Lipinski definition) is 4. The molecule has 0 aromatic carbocycles. The second-order valence-corrected chi connectivity index (χ2v) is 4.98. The van der Waals surface area contributed by atoms with Gasteiger partial charge >= 0.3 is 6.09 Å². The van der Waals surface area contributed by atoms with Crippen LogP contribution in [0.25, 0.3) is 0 Å². The van der Waals surface area contributed by atoms with Gasteiger partial charge in [-0.3, -0.25) is 4.79 Å². The molecule has 0 spiro atoms. The summed E-state index contributed by atoms with van der Waals surface area (Å²) < 4.78 is 0. The number of carbonyl (C=O) groups excluding carboxylic acids is 1. The number of rotatable bonds is 5. The summed E-state index contributed by atoms with van der Waals surface area (Å²) in [6, 6.07) is 5.82. The first-order chi connectivity index (χ1) is 11.0. The van der Waals surface area contributed by atoms with Crippen LogP contribution in [-0.4, -0.2) is 33.1 Å². The third kappa shape index (κ3) is 4.82. The van der Waals surface area contributed by atoms with Crippen molar-refractivity contribution in [2.24, 2.45) is 0 Å². The van der Waals surface area contributed by atoms with Gasteiger partial charge in [0.15, 0.2) is 5.82 Å². The lowest BCUT2D eigenvalue weighted by Crippen LogP contribution is -2.41. The summed E-state index contributed by atoms with van der Waals surface area (Å²) in [6.07, 6.45) is 1.71. The summed E-state index contributed by atoms with van der Waals surface area (Å²) in [5.41, 5.74) is 0.512. The fourth-order valence-electron chi connectivity index (χ4n) is 1.67. The minimum atomic E-state index is -1.28. The molecule has 2 heterocycles. The van der Waals surface area contributed by atoms with Crippen molar-refractivity contribution in [1.82, 2.24) is 15.3 Å². The highest BCUT2D eigenvalue weighted by molar-refractivity contribution is 6.30. The summed E-state index contributed by atoms with van der Waals surface area (Å²) in [7, 11) is 0. The monoisotopic (exact) mass is 335 g/mol. The van der Waals surface area contributed by atoms with E-state index < -0.39 is 18.0 Å². The van der Waals surface area contributed by atoms with Crippen LogP contribution >= 0.6 is 11.6 Å². The predicted molar refractivity (Wildman–Crippen MR) is 86.0 cm³/mol. The minimum Gasteiger partial charge on any atom is -0.465 e. The van der Waals surface area contributed by atoms with Crippen molar-refractivity contribution in [1.29, 1.82) is 0 Å². The number of carbonyl (C=O) groups is 2. The Kier molecular flexibility index (Phi) is 5.32. The molecule has 8 nitrogen and oxygen atoms in total. The van der Waals surface area contributed by atoms with E-state index in [1.807, 2.05) is 0 Å². The highest BCUT2D eigenvalue weighted by Crippen LogP contribution is 2.22. The van der Waals surface area contributed by atoms with E-state index in [-0.39, 0.29) is 5.82 Å². The highest BCUT2D eigenvalue weighted by atomic mass is 35.5. The number of nitrogens with one attached hydrogen (secondary N) is 3. The van der Waals surface area contributed by atoms with Crippen molar-refractivity contribution in [2.45, 2.75) is 13.0 Å². The van der Waals surface area contributed by atoms with E-state index in [4.69, 9.17) is 16.7 Å². The fourth-order valence-corrected chi connectivity index (χ4v) is 1.78. The summed E-state index contributed by atoms with van der Waals surface area (Å²) in [5.74, 6) is 0.251. The van der Waals surface area contributed by atoms with Crippen LogP contribution in [0.1, 0.15) is 6.92 Å². The minimum absolute atomic E-state index is 0.258. The third-order valence-electron chi connectivity index (χ3n) is 2.77. The Bertz CT molecular complexity index is 708. The lowest BCUT2D eigenvalue weighted by atomic mass is 10.3. The summed E-state index contributed by atoms with van der Waals surface area (Å²) in [4.78, 5) is 30.7. The van der Waals surface area contributed by atoms with E-state index in [1.165, 1.54) is 19.3 Å². The Morgan fingerprint density at radius 3 is 2.70 bits per heavy atom. The molecule has 0 bridgehead atoms. The molecule has 0 radical (unpaired) electrons. The molecule has 1 atom stereocenters. The van der Waals surface area contributed by atoms with Crippen LogP contribution in [0.3, 0.4) is 0 Å². The number of carboxylic acid groups (broad SMARTS) is 1. The van der Waals surface area contributed by atoms with Crippen molar-refractivity contribution in [3.05, 3.63) is 41.7 Å². The van der Waals surface area contributed by atoms with Gasteiger partial charge < -0.3 is 21.1 Å². The van der Waals surface area contributed by atoms with Gasteiger partial charge in [-0.05, 0) is 31.2 Å². The maximum absolute atomic E-state index is 12.0. The van der Waals surface area contributed by atoms with Gasteiger partial charge in [-0.1, -0.05) is 11.6 Å². The number of halogens is 1. The second-order valence-electron chi connectivity index (χ2n) is 4.55. The molecule has 0 saturated heterocycles. The summed E-state index contributed by atoms with van der Waals surface area (Å²) in [5, 5.41) is 16.8. The number of anilines is 3. The number of amides is 2. The van der Waals surface area contributed by atoms with Gasteiger partial charge in [0.1, 0.15) is 11.9 Å². The lowest BCUT2D eigenvalue weighted by Gasteiger charge is -2.14. The molecule has 2 amide bonds. The number of nitrogens with zero attached hydrogens (tertiary/aromatic N) is 2. The molecule has 0 saturated carbocycles. The molecule has 1 unspecified atom stereocenters. The molecular formula is C14H14ClN5O3. The molecule has 0 fully saturated rings. The average Bonchev–Trinajstić information content (AvgIpc) is 2.50. The summed E-state index contributed by atoms with van der Waals surface area (Å²) in [6.45, 7) is 1.43. The fraction of sp³-hybridized carbons (Fsp3) is 0.143. The highest BCUT2D eigenvalue weighted by Gasteiger charge is 2.17. The average molecular weight is 336 g/mol. The maximum atomic E-state index is 12.0. The zero-order valence-electron chi connectivity index (χ0n) is 12.1. The molecule has 0 aliphatic carbocycles. The van der Waals surface area contributed by atoms with Gasteiger partial charge in [0, 0.05) is 12.4 Å². The molecule has 2 rings (SSSR count). The second kappa shape index (κ2) is 7.41. The topological polar surface area (TPSA) is 116 Å². The first-order valence-corrected chi connectivity index (χ1v) is 6.97. The predicted octanol–water partition coefficient (Wildman–Crippen LogP) is 2.47. The van der Waals surface area contributed by atoms with Crippen LogP contribution in [0.15, 0.2) is 36.7 Å². The van der Waals surface area contributed by atoms with Crippen LogP contribution in [0, 0.1) is 0 Å². The Balaban J connectivity index is 2.12. The largest absolute Gasteiger partial charge is 0.465 e. The van der Waals surface area contributed by atoms with E-state index in [1.54, 1.807) is 24.3 Å². The van der Waals surface area contributed by atoms with E-state index in [2.05, 4.69) is 25.9 Å². The Morgan fingerprint density at radius 1 is 1.26 bits per heavy atom. The number of aromatic nitrogens is 2. The van der Waals surface area contributed by atoms with Gasteiger partial charge in [0.05, 0.1) is 10.7 Å². The molecule has 0 aliphatic heterocycles. The van der Waals surface area contributed by atoms with Crippen LogP contribution < -0.4 is 16.0 Å². The van der Waals surface area contributed by atoms with Crippen LogP contribution in [0.5, 0.6) is 0 Å². The van der Waals surface area contributed by atoms with Gasteiger partial charge in [0.25, 0.3) is 0 Å². The number of pyridine rings is 2. The lowest BCUT2D eigenvalue weighted by molar-refractivity contribution is -0.117. The van der Waals surface area contributed by atoms with E-state index >= 15 is 0 Å². The van der Waals surface area contributed by atoms with Crippen LogP contribution in [-0.2, 0) is 4.79 Å². The standard InChI is InChI=1S/C14H14ClN5O3/c1-8(18-14(22)23)13(21)20-12-10(3-2-6-16-12)19-11-5-4-9(15)7-17-11/h2-8,18H,1H3,(H,17,19)(H,22,23)(H,16,20,21). The SMILES string of the molecule is CC(NC(=O)O)C(=O)Nc1ncccc1Nc1ccc(Cl)cn1. The van der Waals surface area contributed by atoms with E-state index in [0.29, 0.717) is 16.5 Å². The summed E-state index contributed by atoms with van der Waals surface area (Å²) >= 11 is 5.78. The maximum Gasteiger partial charge on any atom is 0.405 e.